The summed E-state index contributed by atoms with van der Waals surface area (Å²) in [7, 11) is 1.51. The quantitative estimate of drug-likeness (QED) is 0.440. The molecular formula is C29H41N3O5. The molecule has 0 aliphatic rings. The maximum Gasteiger partial charge on any atom is 0.408 e. The van der Waals surface area contributed by atoms with Gasteiger partial charge < -0.3 is 25.4 Å². The Kier molecular flexibility index (Phi) is 9.73. The predicted octanol–water partition coefficient (Wildman–Crippen LogP) is 5.40. The molecule has 202 valence electrons. The van der Waals surface area contributed by atoms with Crippen LogP contribution >= 0.6 is 0 Å². The smallest absolute Gasteiger partial charge is 0.408 e. The molecule has 0 aliphatic carbocycles. The van der Waals surface area contributed by atoms with E-state index in [1.807, 2.05) is 45.9 Å². The molecule has 0 saturated carbocycles. The van der Waals surface area contributed by atoms with Crippen molar-refractivity contribution in [2.75, 3.05) is 12.4 Å². The Balaban J connectivity index is 2.51. The molecule has 2 rings (SSSR count). The van der Waals surface area contributed by atoms with Crippen molar-refractivity contribution in [3.63, 3.8) is 0 Å². The number of alkyl carbamates (subject to hydrolysis) is 1. The van der Waals surface area contributed by atoms with Crippen LogP contribution < -0.4 is 10.6 Å². The number of benzene rings is 2. The van der Waals surface area contributed by atoms with E-state index in [0.29, 0.717) is 23.2 Å². The maximum absolute atomic E-state index is 13.8. The van der Waals surface area contributed by atoms with Gasteiger partial charge in [0.1, 0.15) is 23.4 Å². The fourth-order valence-electron chi connectivity index (χ4n) is 4.10. The zero-order chi connectivity index (χ0) is 28.1. The van der Waals surface area contributed by atoms with Crippen LogP contribution in [0.25, 0.3) is 0 Å². The van der Waals surface area contributed by atoms with E-state index in [2.05, 4.69) is 10.6 Å². The Labute approximate surface area is 220 Å². The molecule has 2 aromatic rings. The number of anilines is 1. The van der Waals surface area contributed by atoms with Gasteiger partial charge in [-0.1, -0.05) is 56.7 Å². The topological polar surface area (TPSA) is 108 Å². The summed E-state index contributed by atoms with van der Waals surface area (Å²) in [5.74, 6) is -1.25. The lowest BCUT2D eigenvalue weighted by Gasteiger charge is -2.34. The number of phenolic OH excluding ortho intramolecular Hbond substituents is 1. The minimum Gasteiger partial charge on any atom is -0.507 e. The van der Waals surface area contributed by atoms with Gasteiger partial charge in [0.2, 0.25) is 5.91 Å². The van der Waals surface area contributed by atoms with E-state index in [9.17, 15) is 19.5 Å². The first-order valence-electron chi connectivity index (χ1n) is 12.6. The lowest BCUT2D eigenvalue weighted by molar-refractivity contribution is -0.140. The van der Waals surface area contributed by atoms with Crippen molar-refractivity contribution in [2.24, 2.45) is 5.92 Å². The molecule has 3 amide bonds. The number of nitrogens with one attached hydrogen (secondary N) is 2. The average Bonchev–Trinajstić information content (AvgIpc) is 2.80. The molecule has 0 spiro atoms. The molecule has 0 saturated heterocycles. The van der Waals surface area contributed by atoms with Gasteiger partial charge in [-0.05, 0) is 64.2 Å². The third-order valence-corrected chi connectivity index (χ3v) is 6.43. The highest BCUT2D eigenvalue weighted by Gasteiger charge is 2.37. The number of carbonyl (C=O) groups is 3. The highest BCUT2D eigenvalue weighted by Crippen LogP contribution is 2.33. The first-order chi connectivity index (χ1) is 17.2. The number of para-hydroxylation sites is 2. The van der Waals surface area contributed by atoms with Crippen LogP contribution in [0.4, 0.5) is 10.5 Å². The molecule has 3 atom stereocenters. The summed E-state index contributed by atoms with van der Waals surface area (Å²) in [4.78, 5) is 41.5. The Hall–Kier alpha value is -3.55. The maximum atomic E-state index is 13.8. The SMILES string of the molecule is CCC(C)C(NC(=O)OC(C)(C)C)C(=O)N(C)C(C(=O)Nc1c(C)cccc1C)c1cccc(C)c1O. The van der Waals surface area contributed by atoms with E-state index in [1.54, 1.807) is 45.9 Å². The molecule has 0 aliphatic heterocycles. The monoisotopic (exact) mass is 511 g/mol. The summed E-state index contributed by atoms with van der Waals surface area (Å²) in [5, 5.41) is 16.5. The van der Waals surface area contributed by atoms with Gasteiger partial charge in [-0.2, -0.15) is 0 Å². The number of nitrogens with zero attached hydrogens (tertiary/aromatic N) is 1. The first kappa shape index (κ1) is 29.7. The summed E-state index contributed by atoms with van der Waals surface area (Å²) >= 11 is 0. The molecule has 0 radical (unpaired) electrons. The largest absolute Gasteiger partial charge is 0.507 e. The lowest BCUT2D eigenvalue weighted by atomic mass is 9.95. The van der Waals surface area contributed by atoms with Crippen LogP contribution in [0, 0.1) is 26.7 Å². The summed E-state index contributed by atoms with van der Waals surface area (Å²) < 4.78 is 5.39. The molecule has 0 bridgehead atoms. The van der Waals surface area contributed by atoms with E-state index in [1.165, 1.54) is 11.9 Å². The molecular weight excluding hydrogens is 470 g/mol. The van der Waals surface area contributed by atoms with Crippen molar-refractivity contribution < 1.29 is 24.2 Å². The number of hydrogen-bond donors (Lipinski definition) is 3. The van der Waals surface area contributed by atoms with Crippen LogP contribution in [0.5, 0.6) is 5.75 Å². The molecule has 0 aromatic heterocycles. The minimum absolute atomic E-state index is 0.0657. The van der Waals surface area contributed by atoms with Gasteiger partial charge >= 0.3 is 6.09 Å². The predicted molar refractivity (Wildman–Crippen MR) is 146 cm³/mol. The van der Waals surface area contributed by atoms with Gasteiger partial charge in [0.15, 0.2) is 0 Å². The molecule has 8 nitrogen and oxygen atoms in total. The number of likely N-dealkylation sites (N-methyl/N-ethyl adjacent to an activating group) is 1. The van der Waals surface area contributed by atoms with Crippen molar-refractivity contribution >= 4 is 23.6 Å². The molecule has 2 aromatic carbocycles. The normalized spacial score (nSPS) is 13.8. The second kappa shape index (κ2) is 12.1. The van der Waals surface area contributed by atoms with E-state index >= 15 is 0 Å². The number of phenols is 1. The summed E-state index contributed by atoms with van der Waals surface area (Å²) in [6.45, 7) is 14.5. The molecule has 37 heavy (non-hydrogen) atoms. The van der Waals surface area contributed by atoms with Gasteiger partial charge in [-0.15, -0.1) is 0 Å². The third-order valence-electron chi connectivity index (χ3n) is 6.43. The van der Waals surface area contributed by atoms with Crippen LogP contribution in [-0.4, -0.2) is 46.6 Å². The second-order valence-electron chi connectivity index (χ2n) is 10.6. The fraction of sp³-hybridized carbons (Fsp3) is 0.483. The van der Waals surface area contributed by atoms with Crippen molar-refractivity contribution in [3.05, 3.63) is 58.7 Å². The van der Waals surface area contributed by atoms with E-state index in [0.717, 1.165) is 11.1 Å². The van der Waals surface area contributed by atoms with Crippen LogP contribution in [0.15, 0.2) is 36.4 Å². The van der Waals surface area contributed by atoms with E-state index < -0.39 is 35.6 Å². The molecule has 0 heterocycles. The van der Waals surface area contributed by atoms with Crippen molar-refractivity contribution in [3.8, 4) is 5.75 Å². The van der Waals surface area contributed by atoms with Crippen LogP contribution in [0.3, 0.4) is 0 Å². The second-order valence-corrected chi connectivity index (χ2v) is 10.6. The highest BCUT2D eigenvalue weighted by molar-refractivity contribution is 6.00. The van der Waals surface area contributed by atoms with Crippen LogP contribution in [0.1, 0.15) is 69.3 Å². The average molecular weight is 512 g/mol. The van der Waals surface area contributed by atoms with E-state index in [-0.39, 0.29) is 11.7 Å². The van der Waals surface area contributed by atoms with Gasteiger partial charge in [0.25, 0.3) is 5.91 Å². The third kappa shape index (κ3) is 7.47. The molecule has 8 heteroatoms. The minimum atomic E-state index is -1.15. The zero-order valence-electron chi connectivity index (χ0n) is 23.4. The number of aromatic hydroxyl groups is 1. The number of rotatable bonds is 8. The zero-order valence-corrected chi connectivity index (χ0v) is 23.4. The Morgan fingerprint density at radius 1 is 1.00 bits per heavy atom. The first-order valence-corrected chi connectivity index (χ1v) is 12.6. The summed E-state index contributed by atoms with van der Waals surface area (Å²) in [5.41, 5.74) is 2.53. The van der Waals surface area contributed by atoms with Gasteiger partial charge in [-0.25, -0.2) is 4.79 Å². The summed E-state index contributed by atoms with van der Waals surface area (Å²) in [6.07, 6.45) is -0.107. The van der Waals surface area contributed by atoms with Gasteiger partial charge in [-0.3, -0.25) is 9.59 Å². The lowest BCUT2D eigenvalue weighted by Crippen LogP contribution is -2.53. The van der Waals surface area contributed by atoms with Crippen molar-refractivity contribution in [1.82, 2.24) is 10.2 Å². The van der Waals surface area contributed by atoms with Crippen molar-refractivity contribution in [2.45, 2.75) is 79.5 Å². The van der Waals surface area contributed by atoms with Gasteiger partial charge in [0, 0.05) is 18.3 Å². The number of carbonyl (C=O) groups excluding carboxylic acids is 3. The summed E-state index contributed by atoms with van der Waals surface area (Å²) in [6, 6.07) is 8.67. The molecule has 3 unspecified atom stereocenters. The number of amides is 3. The fourth-order valence-corrected chi connectivity index (χ4v) is 4.10. The Bertz CT molecular complexity index is 1120. The highest BCUT2D eigenvalue weighted by atomic mass is 16.6. The van der Waals surface area contributed by atoms with E-state index in [4.69, 9.17) is 4.74 Å². The van der Waals surface area contributed by atoms with Gasteiger partial charge in [0.05, 0.1) is 0 Å². The Morgan fingerprint density at radius 2 is 1.54 bits per heavy atom. The Morgan fingerprint density at radius 3 is 2.08 bits per heavy atom. The number of aryl methyl sites for hydroxylation is 3. The molecule has 0 fully saturated rings. The van der Waals surface area contributed by atoms with Crippen molar-refractivity contribution in [1.29, 1.82) is 0 Å². The standard InChI is InChI=1S/C29H41N3O5/c1-10-17(2)23(31-28(36)37-29(6,7)8)27(35)32(9)24(21-16-12-15-20(5)25(21)33)26(34)30-22-18(3)13-11-14-19(22)4/h11-17,23-24,33H,10H2,1-9H3,(H,30,34)(H,31,36). The number of hydrogen-bond acceptors (Lipinski definition) is 5. The van der Waals surface area contributed by atoms with Crippen LogP contribution in [-0.2, 0) is 14.3 Å². The molecule has 3 N–H and O–H groups in total. The van der Waals surface area contributed by atoms with Crippen LogP contribution in [0.2, 0.25) is 0 Å². The number of ether oxygens (including phenoxy) is 1.